The van der Waals surface area contributed by atoms with Crippen LogP contribution in [0, 0.1) is 19.8 Å². The van der Waals surface area contributed by atoms with Crippen molar-refractivity contribution in [3.8, 4) is 0 Å². The molecule has 10 heteroatoms. The first-order valence-electron chi connectivity index (χ1n) is 11.7. The molecule has 1 aliphatic heterocycles. The number of fused-ring (bicyclic) bond motifs is 1. The van der Waals surface area contributed by atoms with Gasteiger partial charge in [0, 0.05) is 42.9 Å². The predicted octanol–water partition coefficient (Wildman–Crippen LogP) is 6.86. The molecule has 2 aromatic heterocycles. The molecule has 0 aliphatic carbocycles. The number of pyridine rings is 1. The maximum absolute atomic E-state index is 13.3. The number of rotatable bonds is 5. The van der Waals surface area contributed by atoms with Crippen LogP contribution in [0.25, 0.3) is 10.9 Å². The average molecular weight is 540 g/mol. The van der Waals surface area contributed by atoms with Gasteiger partial charge in [0.2, 0.25) is 0 Å². The van der Waals surface area contributed by atoms with Gasteiger partial charge in [0.05, 0.1) is 28.2 Å². The number of carbonyl (C=O) groups excluding carboxylic acids is 2. The zero-order valence-electron chi connectivity index (χ0n) is 20.2. The number of aryl methyl sites for hydroxylation is 2. The van der Waals surface area contributed by atoms with Crippen molar-refractivity contribution >= 4 is 45.8 Å². The molecule has 36 heavy (non-hydrogen) atoms. The maximum atomic E-state index is 13.3. The van der Waals surface area contributed by atoms with E-state index in [9.17, 15) is 22.8 Å². The van der Waals surface area contributed by atoms with Crippen molar-refractivity contribution in [2.75, 3.05) is 13.1 Å². The number of ketones is 1. The summed E-state index contributed by atoms with van der Waals surface area (Å²) in [5.41, 5.74) is 1.73. The highest BCUT2D eigenvalue weighted by atomic mass is 35.5. The van der Waals surface area contributed by atoms with Crippen LogP contribution in [-0.2, 0) is 17.5 Å². The molecule has 5 nitrogen and oxygen atoms in total. The van der Waals surface area contributed by atoms with Gasteiger partial charge in [0.25, 0.3) is 5.91 Å². The minimum Gasteiger partial charge on any atom is -0.342 e. The number of nitrogens with zero attached hydrogens (tertiary/aromatic N) is 3. The largest absolute Gasteiger partial charge is 0.416 e. The van der Waals surface area contributed by atoms with Crippen LogP contribution >= 0.6 is 23.2 Å². The lowest BCUT2D eigenvalue weighted by molar-refractivity contribution is -0.137. The number of carbonyl (C=O) groups is 2. The highest BCUT2D eigenvalue weighted by Gasteiger charge is 2.32. The van der Waals surface area contributed by atoms with E-state index >= 15 is 0 Å². The quantitative estimate of drug-likeness (QED) is 0.333. The molecule has 1 amide bonds. The molecule has 192 valence electrons. The molecule has 0 saturated carbocycles. The number of likely N-dealkylation sites (tertiary alicyclic amines) is 1. The molecule has 1 aromatic carbocycles. The van der Waals surface area contributed by atoms with Crippen molar-refractivity contribution in [1.29, 1.82) is 0 Å². The summed E-state index contributed by atoms with van der Waals surface area (Å²) >= 11 is 13.1. The predicted molar refractivity (Wildman–Crippen MR) is 134 cm³/mol. The Kier molecular flexibility index (Phi) is 7.40. The molecule has 1 fully saturated rings. The van der Waals surface area contributed by atoms with Crippen LogP contribution < -0.4 is 0 Å². The topological polar surface area (TPSA) is 55.2 Å². The van der Waals surface area contributed by atoms with Crippen LogP contribution in [0.2, 0.25) is 10.2 Å². The smallest absolute Gasteiger partial charge is 0.342 e. The molecule has 0 atom stereocenters. The van der Waals surface area contributed by atoms with Crippen molar-refractivity contribution < 1.29 is 22.8 Å². The van der Waals surface area contributed by atoms with Gasteiger partial charge in [-0.2, -0.15) is 13.2 Å². The third kappa shape index (κ3) is 5.25. The van der Waals surface area contributed by atoms with Crippen LogP contribution in [0.4, 0.5) is 13.2 Å². The van der Waals surface area contributed by atoms with Gasteiger partial charge in [-0.25, -0.2) is 4.98 Å². The number of hydrogen-bond donors (Lipinski definition) is 0. The number of alkyl halides is 3. The number of halogens is 5. The molecule has 0 unspecified atom stereocenters. The van der Waals surface area contributed by atoms with Gasteiger partial charge in [-0.1, -0.05) is 23.2 Å². The first-order chi connectivity index (χ1) is 16.9. The Morgan fingerprint density at radius 1 is 1.11 bits per heavy atom. The number of piperidine rings is 1. The fraction of sp³-hybridized carbons (Fsp3) is 0.423. The Labute approximate surface area is 217 Å². The van der Waals surface area contributed by atoms with Crippen molar-refractivity contribution in [1.82, 2.24) is 14.5 Å². The molecule has 1 saturated heterocycles. The summed E-state index contributed by atoms with van der Waals surface area (Å²) in [6, 6.07) is 2.26. The Hall–Kier alpha value is -2.58. The maximum Gasteiger partial charge on any atom is 0.416 e. The number of hydrogen-bond acceptors (Lipinski definition) is 3. The first kappa shape index (κ1) is 26.5. The summed E-state index contributed by atoms with van der Waals surface area (Å²) in [7, 11) is 0. The monoisotopic (exact) mass is 539 g/mol. The summed E-state index contributed by atoms with van der Waals surface area (Å²) in [5.74, 6) is 0.158. The normalized spacial score (nSPS) is 15.1. The highest BCUT2D eigenvalue weighted by molar-refractivity contribution is 6.37. The van der Waals surface area contributed by atoms with Crippen LogP contribution in [0.15, 0.2) is 24.5 Å². The molecule has 0 N–H and O–H groups in total. The van der Waals surface area contributed by atoms with Crippen LogP contribution in [-0.4, -0.2) is 39.2 Å². The Morgan fingerprint density at radius 2 is 1.78 bits per heavy atom. The molecule has 0 spiro atoms. The van der Waals surface area contributed by atoms with E-state index in [1.165, 1.54) is 6.20 Å². The van der Waals surface area contributed by atoms with E-state index in [4.69, 9.17) is 23.2 Å². The van der Waals surface area contributed by atoms with E-state index in [2.05, 4.69) is 4.98 Å². The van der Waals surface area contributed by atoms with E-state index in [0.717, 1.165) is 25.0 Å². The Bertz CT molecular complexity index is 1340. The van der Waals surface area contributed by atoms with E-state index in [1.807, 2.05) is 0 Å². The summed E-state index contributed by atoms with van der Waals surface area (Å²) in [6.45, 7) is 6.13. The molecule has 3 aromatic rings. The highest BCUT2D eigenvalue weighted by Crippen LogP contribution is 2.36. The van der Waals surface area contributed by atoms with E-state index < -0.39 is 11.7 Å². The van der Waals surface area contributed by atoms with Gasteiger partial charge in [-0.15, -0.1) is 0 Å². The molecule has 4 rings (SSSR count). The van der Waals surface area contributed by atoms with Gasteiger partial charge >= 0.3 is 6.18 Å². The van der Waals surface area contributed by atoms with Crippen molar-refractivity contribution in [3.05, 3.63) is 62.5 Å². The van der Waals surface area contributed by atoms with Gasteiger partial charge < -0.3 is 14.3 Å². The molecular formula is C26H26Cl2F3N3O2. The SMILES string of the molecule is CC(=O)CC1CCN(C(=O)c2cnc(Cl)c(Cn3cc(C)c4cc(C(F)(F)F)cc(C)c43)c2Cl)CC1. The third-order valence-corrected chi connectivity index (χ3v) is 7.54. The van der Waals surface area contributed by atoms with Crippen LogP contribution in [0.1, 0.15) is 58.8 Å². The zero-order chi connectivity index (χ0) is 26.4. The summed E-state index contributed by atoms with van der Waals surface area (Å²) in [5, 5.41) is 0.791. The van der Waals surface area contributed by atoms with Gasteiger partial charge in [-0.05, 0) is 62.8 Å². The van der Waals surface area contributed by atoms with Crippen molar-refractivity contribution in [2.45, 2.75) is 52.8 Å². The number of amides is 1. The Balaban J connectivity index is 1.64. The van der Waals surface area contributed by atoms with Gasteiger partial charge in [0.1, 0.15) is 10.9 Å². The van der Waals surface area contributed by atoms with Crippen LogP contribution in [0.5, 0.6) is 0 Å². The first-order valence-corrected chi connectivity index (χ1v) is 12.4. The van der Waals surface area contributed by atoms with Crippen molar-refractivity contribution in [2.24, 2.45) is 5.92 Å². The second-order valence-corrected chi connectivity index (χ2v) is 10.3. The minimum atomic E-state index is -4.45. The number of aromatic nitrogens is 2. The number of Topliss-reactive ketones (excluding diaryl/α,β-unsaturated/α-hetero) is 1. The van der Waals surface area contributed by atoms with Crippen LogP contribution in [0.3, 0.4) is 0 Å². The second-order valence-electron chi connectivity index (χ2n) is 9.52. The second kappa shape index (κ2) is 10.1. The number of benzene rings is 1. The van der Waals surface area contributed by atoms with E-state index in [0.29, 0.717) is 47.1 Å². The van der Waals surface area contributed by atoms with E-state index in [-0.39, 0.29) is 39.9 Å². The third-order valence-electron chi connectivity index (χ3n) is 6.78. The lowest BCUT2D eigenvalue weighted by Gasteiger charge is -2.32. The fourth-order valence-corrected chi connectivity index (χ4v) is 5.53. The lowest BCUT2D eigenvalue weighted by atomic mass is 9.92. The van der Waals surface area contributed by atoms with Gasteiger partial charge in [-0.3, -0.25) is 4.79 Å². The zero-order valence-corrected chi connectivity index (χ0v) is 21.7. The van der Waals surface area contributed by atoms with Crippen molar-refractivity contribution in [3.63, 3.8) is 0 Å². The summed E-state index contributed by atoms with van der Waals surface area (Å²) < 4.78 is 41.8. The van der Waals surface area contributed by atoms with E-state index in [1.54, 1.807) is 36.4 Å². The molecule has 1 aliphatic rings. The lowest BCUT2D eigenvalue weighted by Crippen LogP contribution is -2.39. The molecular weight excluding hydrogens is 514 g/mol. The molecule has 0 bridgehead atoms. The molecule has 3 heterocycles. The summed E-state index contributed by atoms with van der Waals surface area (Å²) in [6.07, 6.45) is 0.662. The average Bonchev–Trinajstić information content (AvgIpc) is 3.11. The Morgan fingerprint density at radius 3 is 2.39 bits per heavy atom. The van der Waals surface area contributed by atoms with Gasteiger partial charge in [0.15, 0.2) is 0 Å². The minimum absolute atomic E-state index is 0.126. The fourth-order valence-electron chi connectivity index (χ4n) is 5.00. The molecule has 0 radical (unpaired) electrons. The summed E-state index contributed by atoms with van der Waals surface area (Å²) in [4.78, 5) is 30.5. The standard InChI is InChI=1S/C26H26Cl2F3N3O2/c1-14-8-18(26(29,30)31)10-19-15(2)12-34(23(14)19)13-21-22(27)20(11-32-24(21)28)25(36)33-6-4-17(5-7-33)9-16(3)35/h8,10-12,17H,4-7,9,13H2,1-3H3.